The number of nitrogens with zero attached hydrogens (tertiary/aromatic N) is 4. The Hall–Kier alpha value is -2.74. The predicted octanol–water partition coefficient (Wildman–Crippen LogP) is 3.15. The van der Waals surface area contributed by atoms with Gasteiger partial charge in [0.2, 0.25) is 5.76 Å². The van der Waals surface area contributed by atoms with Crippen molar-refractivity contribution in [3.05, 3.63) is 52.8 Å². The number of rotatable bonds is 3. The summed E-state index contributed by atoms with van der Waals surface area (Å²) < 4.78 is 7.78. The van der Waals surface area contributed by atoms with Crippen LogP contribution in [0, 0.1) is 4.77 Å². The topological polar surface area (TPSA) is 79.9 Å². The number of nitrogens with one attached hydrogen (secondary N) is 1. The zero-order valence-corrected chi connectivity index (χ0v) is 15.2. The number of amides is 1. The zero-order chi connectivity index (χ0) is 18.1. The first-order valence-electron chi connectivity index (χ1n) is 8.56. The van der Waals surface area contributed by atoms with E-state index in [2.05, 4.69) is 15.4 Å². The van der Waals surface area contributed by atoms with Crippen LogP contribution in [0.3, 0.4) is 0 Å². The van der Waals surface area contributed by atoms with Crippen molar-refractivity contribution >= 4 is 18.1 Å². The second-order valence-electron chi connectivity index (χ2n) is 6.48. The standard InChI is InChI=1S/C18H19N5O2S/c1-22-16(19-20-18(22)26)13-8-5-9-23(11-13)17(24)15-10-14(21-25-15)12-6-3-2-4-7-12/h2-4,6-7,10,13H,5,8-9,11H2,1H3,(H,20,26). The number of carbonyl (C=O) groups excluding carboxylic acids is 1. The number of piperidine rings is 1. The second-order valence-corrected chi connectivity index (χ2v) is 6.87. The Labute approximate surface area is 155 Å². The number of likely N-dealkylation sites (tertiary alicyclic amines) is 1. The van der Waals surface area contributed by atoms with Gasteiger partial charge in [-0.15, -0.1) is 0 Å². The summed E-state index contributed by atoms with van der Waals surface area (Å²) in [6.45, 7) is 1.29. The number of hydrogen-bond donors (Lipinski definition) is 1. The van der Waals surface area contributed by atoms with Crippen molar-refractivity contribution in [3.8, 4) is 11.3 Å². The highest BCUT2D eigenvalue weighted by Crippen LogP contribution is 2.27. The van der Waals surface area contributed by atoms with Gasteiger partial charge in [0, 0.05) is 37.7 Å². The van der Waals surface area contributed by atoms with Crippen LogP contribution in [0.1, 0.15) is 35.1 Å². The molecule has 1 unspecified atom stereocenters. The number of aromatic nitrogens is 4. The monoisotopic (exact) mass is 369 g/mol. The maximum absolute atomic E-state index is 12.8. The number of aromatic amines is 1. The molecule has 8 heteroatoms. The Balaban J connectivity index is 1.52. The molecule has 7 nitrogen and oxygen atoms in total. The Morgan fingerprint density at radius 1 is 1.35 bits per heavy atom. The molecule has 0 bridgehead atoms. The molecule has 1 N–H and O–H groups in total. The first-order chi connectivity index (χ1) is 12.6. The van der Waals surface area contributed by atoms with E-state index in [1.807, 2.05) is 41.9 Å². The van der Waals surface area contributed by atoms with E-state index in [4.69, 9.17) is 16.7 Å². The summed E-state index contributed by atoms with van der Waals surface area (Å²) in [5.41, 5.74) is 1.59. The second kappa shape index (κ2) is 6.87. The molecule has 1 aromatic carbocycles. The first-order valence-corrected chi connectivity index (χ1v) is 8.97. The largest absolute Gasteiger partial charge is 0.350 e. The van der Waals surface area contributed by atoms with Crippen LogP contribution in [0.5, 0.6) is 0 Å². The number of H-pyrrole nitrogens is 1. The van der Waals surface area contributed by atoms with Gasteiger partial charge in [0.1, 0.15) is 11.5 Å². The number of benzene rings is 1. The Kier molecular flexibility index (Phi) is 4.42. The highest BCUT2D eigenvalue weighted by atomic mass is 32.1. The Morgan fingerprint density at radius 3 is 2.88 bits per heavy atom. The highest BCUT2D eigenvalue weighted by Gasteiger charge is 2.30. The van der Waals surface area contributed by atoms with E-state index >= 15 is 0 Å². The molecular formula is C18H19N5O2S. The maximum atomic E-state index is 12.8. The fourth-order valence-corrected chi connectivity index (χ4v) is 3.51. The van der Waals surface area contributed by atoms with Gasteiger partial charge in [0.05, 0.1) is 0 Å². The van der Waals surface area contributed by atoms with E-state index in [1.165, 1.54) is 0 Å². The van der Waals surface area contributed by atoms with Crippen LogP contribution in [0.25, 0.3) is 11.3 Å². The van der Waals surface area contributed by atoms with Crippen molar-refractivity contribution in [3.63, 3.8) is 0 Å². The molecule has 0 aliphatic carbocycles. The van der Waals surface area contributed by atoms with E-state index in [1.54, 1.807) is 11.0 Å². The smallest absolute Gasteiger partial charge is 0.292 e. The van der Waals surface area contributed by atoms with Crippen LogP contribution in [0.15, 0.2) is 40.9 Å². The summed E-state index contributed by atoms with van der Waals surface area (Å²) in [4.78, 5) is 14.7. The molecule has 1 amide bonds. The van der Waals surface area contributed by atoms with Gasteiger partial charge in [-0.2, -0.15) is 5.10 Å². The summed E-state index contributed by atoms with van der Waals surface area (Å²) in [6.07, 6.45) is 1.89. The molecule has 4 rings (SSSR count). The Morgan fingerprint density at radius 2 is 2.15 bits per heavy atom. The third kappa shape index (κ3) is 3.08. The summed E-state index contributed by atoms with van der Waals surface area (Å²) in [5.74, 6) is 1.17. The minimum atomic E-state index is -0.138. The van der Waals surface area contributed by atoms with Crippen molar-refractivity contribution in [2.75, 3.05) is 13.1 Å². The summed E-state index contributed by atoms with van der Waals surface area (Å²) in [6, 6.07) is 11.4. The lowest BCUT2D eigenvalue weighted by Crippen LogP contribution is -2.39. The normalized spacial score (nSPS) is 17.4. The summed E-state index contributed by atoms with van der Waals surface area (Å²) in [5, 5.41) is 11.2. The van der Waals surface area contributed by atoms with Crippen LogP contribution in [-0.4, -0.2) is 43.8 Å². The molecule has 134 valence electrons. The van der Waals surface area contributed by atoms with E-state index in [0.29, 0.717) is 23.6 Å². The van der Waals surface area contributed by atoms with Gasteiger partial charge < -0.3 is 14.0 Å². The summed E-state index contributed by atoms with van der Waals surface area (Å²) in [7, 11) is 1.89. The van der Waals surface area contributed by atoms with Crippen molar-refractivity contribution in [1.82, 2.24) is 24.8 Å². The molecule has 1 saturated heterocycles. The van der Waals surface area contributed by atoms with Gasteiger partial charge in [-0.05, 0) is 25.1 Å². The number of hydrogen-bond acceptors (Lipinski definition) is 5. The average molecular weight is 369 g/mol. The van der Waals surface area contributed by atoms with E-state index < -0.39 is 0 Å². The molecule has 0 spiro atoms. The van der Waals surface area contributed by atoms with Gasteiger partial charge >= 0.3 is 0 Å². The van der Waals surface area contributed by atoms with E-state index in [-0.39, 0.29) is 17.6 Å². The van der Waals surface area contributed by atoms with Crippen LogP contribution >= 0.6 is 12.2 Å². The van der Waals surface area contributed by atoms with E-state index in [0.717, 1.165) is 24.2 Å². The lowest BCUT2D eigenvalue weighted by atomic mass is 9.97. The molecule has 1 aliphatic heterocycles. The first kappa shape index (κ1) is 16.7. The molecule has 1 atom stereocenters. The molecular weight excluding hydrogens is 350 g/mol. The zero-order valence-electron chi connectivity index (χ0n) is 14.4. The molecule has 3 aromatic rings. The van der Waals surface area contributed by atoms with Crippen molar-refractivity contribution in [1.29, 1.82) is 0 Å². The maximum Gasteiger partial charge on any atom is 0.292 e. The minimum Gasteiger partial charge on any atom is -0.350 e. The Bertz CT molecular complexity index is 975. The third-order valence-corrected chi connectivity index (χ3v) is 5.14. The average Bonchev–Trinajstić information content (AvgIpc) is 3.30. The molecule has 26 heavy (non-hydrogen) atoms. The van der Waals surface area contributed by atoms with Crippen molar-refractivity contribution in [2.24, 2.45) is 7.05 Å². The van der Waals surface area contributed by atoms with Gasteiger partial charge in [0.25, 0.3) is 5.91 Å². The fourth-order valence-electron chi connectivity index (χ4n) is 3.37. The van der Waals surface area contributed by atoms with Gasteiger partial charge in [0.15, 0.2) is 4.77 Å². The quantitative estimate of drug-likeness (QED) is 0.718. The SMILES string of the molecule is Cn1c(C2CCCN(C(=O)c3cc(-c4ccccc4)no3)C2)n[nH]c1=S. The highest BCUT2D eigenvalue weighted by molar-refractivity contribution is 7.71. The number of carbonyl (C=O) groups is 1. The van der Waals surface area contributed by atoms with Crippen molar-refractivity contribution < 1.29 is 9.32 Å². The minimum absolute atomic E-state index is 0.138. The molecule has 0 radical (unpaired) electrons. The van der Waals surface area contributed by atoms with Crippen LogP contribution in [0.2, 0.25) is 0 Å². The molecule has 1 aliphatic rings. The van der Waals surface area contributed by atoms with Crippen LogP contribution < -0.4 is 0 Å². The van der Waals surface area contributed by atoms with Crippen molar-refractivity contribution in [2.45, 2.75) is 18.8 Å². The molecule has 3 heterocycles. The van der Waals surface area contributed by atoms with E-state index in [9.17, 15) is 4.79 Å². The third-order valence-electron chi connectivity index (χ3n) is 4.78. The fraction of sp³-hybridized carbons (Fsp3) is 0.333. The van der Waals surface area contributed by atoms with Gasteiger partial charge in [-0.1, -0.05) is 35.5 Å². The molecule has 1 fully saturated rings. The van der Waals surface area contributed by atoms with Gasteiger partial charge in [-0.25, -0.2) is 0 Å². The molecule has 2 aromatic heterocycles. The molecule has 0 saturated carbocycles. The predicted molar refractivity (Wildman–Crippen MR) is 98.2 cm³/mol. The lowest BCUT2D eigenvalue weighted by Gasteiger charge is -2.31. The van der Waals surface area contributed by atoms with Crippen LogP contribution in [-0.2, 0) is 7.05 Å². The van der Waals surface area contributed by atoms with Crippen LogP contribution in [0.4, 0.5) is 0 Å². The summed E-state index contributed by atoms with van der Waals surface area (Å²) >= 11 is 5.19. The van der Waals surface area contributed by atoms with Gasteiger partial charge in [-0.3, -0.25) is 9.89 Å². The lowest BCUT2D eigenvalue weighted by molar-refractivity contribution is 0.0661.